The molecule has 1 fully saturated rings. The van der Waals surface area contributed by atoms with Crippen molar-refractivity contribution >= 4 is 17.5 Å². The summed E-state index contributed by atoms with van der Waals surface area (Å²) in [6.45, 7) is 3.46. The van der Waals surface area contributed by atoms with Gasteiger partial charge >= 0.3 is 0 Å². The lowest BCUT2D eigenvalue weighted by molar-refractivity contribution is -0.119. The van der Waals surface area contributed by atoms with Gasteiger partial charge in [0.2, 0.25) is 5.91 Å². The third-order valence-corrected chi connectivity index (χ3v) is 4.05. The molecule has 0 saturated carbocycles. The zero-order valence-corrected chi connectivity index (χ0v) is 13.8. The van der Waals surface area contributed by atoms with Crippen LogP contribution in [0, 0.1) is 5.92 Å². The van der Waals surface area contributed by atoms with Crippen molar-refractivity contribution in [1.29, 1.82) is 0 Å². The van der Waals surface area contributed by atoms with Crippen molar-refractivity contribution in [2.45, 2.75) is 19.8 Å². The highest BCUT2D eigenvalue weighted by atomic mass is 16.5. The molecule has 1 aliphatic heterocycles. The van der Waals surface area contributed by atoms with E-state index in [0.29, 0.717) is 24.6 Å². The van der Waals surface area contributed by atoms with E-state index in [2.05, 4.69) is 12.2 Å². The van der Waals surface area contributed by atoms with E-state index < -0.39 is 5.91 Å². The minimum Gasteiger partial charge on any atom is -0.375 e. The standard InChI is InChI=1S/C16H23N3O4/c1-11-4-6-19(7-5-11)15(21)12-8-13(16(22)18(2)9-12)17-14(20)10-23-3/h8-9,11H,4-7,10H2,1-3H3,(H,17,20). The first-order valence-electron chi connectivity index (χ1n) is 7.71. The highest BCUT2D eigenvalue weighted by molar-refractivity contribution is 5.97. The van der Waals surface area contributed by atoms with Gasteiger partial charge in [-0.05, 0) is 24.8 Å². The van der Waals surface area contributed by atoms with Crippen molar-refractivity contribution in [2.24, 2.45) is 13.0 Å². The number of piperidine rings is 1. The Morgan fingerprint density at radius 3 is 2.61 bits per heavy atom. The van der Waals surface area contributed by atoms with Crippen molar-refractivity contribution in [2.75, 3.05) is 32.1 Å². The second kappa shape index (κ2) is 7.41. The Labute approximate surface area is 135 Å². The molecule has 0 aliphatic carbocycles. The zero-order valence-electron chi connectivity index (χ0n) is 13.8. The first kappa shape index (κ1) is 17.2. The lowest BCUT2D eigenvalue weighted by atomic mass is 9.99. The van der Waals surface area contributed by atoms with Gasteiger partial charge in [0, 0.05) is 33.4 Å². The Kier molecular flexibility index (Phi) is 5.54. The second-order valence-electron chi connectivity index (χ2n) is 6.01. The number of aromatic nitrogens is 1. The van der Waals surface area contributed by atoms with E-state index in [9.17, 15) is 14.4 Å². The number of amides is 2. The largest absolute Gasteiger partial charge is 0.375 e. The molecule has 0 atom stereocenters. The van der Waals surface area contributed by atoms with Gasteiger partial charge in [0.25, 0.3) is 11.5 Å². The molecule has 1 saturated heterocycles. The predicted molar refractivity (Wildman–Crippen MR) is 86.5 cm³/mol. The van der Waals surface area contributed by atoms with E-state index in [-0.39, 0.29) is 23.8 Å². The summed E-state index contributed by atoms with van der Waals surface area (Å²) in [5.41, 5.74) is 0.124. The number of hydrogen-bond donors (Lipinski definition) is 1. The molecule has 0 radical (unpaired) electrons. The average molecular weight is 321 g/mol. The van der Waals surface area contributed by atoms with Gasteiger partial charge in [-0.25, -0.2) is 0 Å². The first-order chi connectivity index (χ1) is 10.9. The SMILES string of the molecule is COCC(=O)Nc1cc(C(=O)N2CCC(C)CC2)cn(C)c1=O. The maximum Gasteiger partial charge on any atom is 0.274 e. The summed E-state index contributed by atoms with van der Waals surface area (Å²) >= 11 is 0. The topological polar surface area (TPSA) is 80.6 Å². The summed E-state index contributed by atoms with van der Waals surface area (Å²) in [5.74, 6) is 0.0822. The molecule has 1 aliphatic rings. The predicted octanol–water partition coefficient (Wildman–Crippen LogP) is 0.842. The second-order valence-corrected chi connectivity index (χ2v) is 6.01. The molecule has 1 aromatic heterocycles. The van der Waals surface area contributed by atoms with Crippen LogP contribution in [0.15, 0.2) is 17.1 Å². The highest BCUT2D eigenvalue weighted by Crippen LogP contribution is 2.18. The minimum absolute atomic E-state index is 0.0887. The third kappa shape index (κ3) is 4.19. The summed E-state index contributed by atoms with van der Waals surface area (Å²) < 4.78 is 6.04. The minimum atomic E-state index is -0.430. The molecule has 2 rings (SSSR count). The lowest BCUT2D eigenvalue weighted by Crippen LogP contribution is -2.38. The number of ether oxygens (including phenoxy) is 1. The number of aryl methyl sites for hydroxylation is 1. The van der Waals surface area contributed by atoms with Crippen molar-refractivity contribution in [3.63, 3.8) is 0 Å². The third-order valence-electron chi connectivity index (χ3n) is 4.05. The number of carbonyl (C=O) groups excluding carboxylic acids is 2. The molecule has 0 unspecified atom stereocenters. The monoisotopic (exact) mass is 321 g/mol. The van der Waals surface area contributed by atoms with Gasteiger partial charge in [-0.3, -0.25) is 14.4 Å². The molecule has 0 aromatic carbocycles. The van der Waals surface area contributed by atoms with Crippen LogP contribution in [-0.2, 0) is 16.6 Å². The van der Waals surface area contributed by atoms with Gasteiger partial charge in [-0.15, -0.1) is 0 Å². The Balaban J connectivity index is 2.22. The smallest absolute Gasteiger partial charge is 0.274 e. The van der Waals surface area contributed by atoms with Crippen molar-refractivity contribution < 1.29 is 14.3 Å². The van der Waals surface area contributed by atoms with E-state index in [1.54, 1.807) is 11.9 Å². The van der Waals surface area contributed by atoms with E-state index in [0.717, 1.165) is 12.8 Å². The van der Waals surface area contributed by atoms with Gasteiger partial charge in [0.05, 0.1) is 5.56 Å². The number of carbonyl (C=O) groups is 2. The zero-order chi connectivity index (χ0) is 17.0. The molecule has 1 aromatic rings. The number of hydrogen-bond acceptors (Lipinski definition) is 4. The van der Waals surface area contributed by atoms with Gasteiger partial charge < -0.3 is 19.5 Å². The number of nitrogens with one attached hydrogen (secondary N) is 1. The molecule has 2 amide bonds. The summed E-state index contributed by atoms with van der Waals surface area (Å²) in [5, 5.41) is 2.49. The van der Waals surface area contributed by atoms with Crippen LogP contribution in [0.2, 0.25) is 0 Å². The Morgan fingerprint density at radius 1 is 1.35 bits per heavy atom. The Bertz CT molecular complexity index is 645. The molecule has 23 heavy (non-hydrogen) atoms. The molecular weight excluding hydrogens is 298 g/mol. The van der Waals surface area contributed by atoms with E-state index in [4.69, 9.17) is 4.74 Å². The molecular formula is C16H23N3O4. The van der Waals surface area contributed by atoms with Crippen LogP contribution in [0.4, 0.5) is 5.69 Å². The summed E-state index contributed by atoms with van der Waals surface area (Å²) in [4.78, 5) is 38.1. The van der Waals surface area contributed by atoms with Crippen LogP contribution in [0.1, 0.15) is 30.1 Å². The fourth-order valence-electron chi connectivity index (χ4n) is 2.63. The average Bonchev–Trinajstić information content (AvgIpc) is 2.52. The van der Waals surface area contributed by atoms with Gasteiger partial charge in [0.1, 0.15) is 12.3 Å². The van der Waals surface area contributed by atoms with E-state index in [1.807, 2.05) is 0 Å². The normalized spacial score (nSPS) is 15.5. The van der Waals surface area contributed by atoms with Crippen LogP contribution in [0.25, 0.3) is 0 Å². The molecule has 1 N–H and O–H groups in total. The number of rotatable bonds is 4. The number of likely N-dealkylation sites (tertiary alicyclic amines) is 1. The van der Waals surface area contributed by atoms with Crippen molar-refractivity contribution in [3.05, 3.63) is 28.2 Å². The molecule has 7 heteroatoms. The fraction of sp³-hybridized carbons (Fsp3) is 0.562. The first-order valence-corrected chi connectivity index (χ1v) is 7.71. The Hall–Kier alpha value is -2.15. The van der Waals surface area contributed by atoms with Gasteiger partial charge in [0.15, 0.2) is 0 Å². The lowest BCUT2D eigenvalue weighted by Gasteiger charge is -2.30. The van der Waals surface area contributed by atoms with Gasteiger partial charge in [-0.2, -0.15) is 0 Å². The number of pyridine rings is 1. The van der Waals surface area contributed by atoms with Gasteiger partial charge in [-0.1, -0.05) is 6.92 Å². The summed E-state index contributed by atoms with van der Waals surface area (Å²) in [6.07, 6.45) is 3.47. The summed E-state index contributed by atoms with van der Waals surface area (Å²) in [6, 6.07) is 1.44. The molecule has 0 bridgehead atoms. The molecule has 7 nitrogen and oxygen atoms in total. The maximum absolute atomic E-state index is 12.6. The number of anilines is 1. The van der Waals surface area contributed by atoms with Crippen molar-refractivity contribution in [1.82, 2.24) is 9.47 Å². The van der Waals surface area contributed by atoms with Crippen LogP contribution in [0.5, 0.6) is 0 Å². The van der Waals surface area contributed by atoms with E-state index >= 15 is 0 Å². The van der Waals surface area contributed by atoms with Crippen LogP contribution in [0.3, 0.4) is 0 Å². The Morgan fingerprint density at radius 2 is 2.00 bits per heavy atom. The van der Waals surface area contributed by atoms with Crippen LogP contribution in [-0.4, -0.2) is 48.1 Å². The maximum atomic E-state index is 12.6. The number of nitrogens with zero attached hydrogens (tertiary/aromatic N) is 2. The fourth-order valence-corrected chi connectivity index (χ4v) is 2.63. The summed E-state index contributed by atoms with van der Waals surface area (Å²) in [7, 11) is 2.96. The van der Waals surface area contributed by atoms with Crippen LogP contribution < -0.4 is 10.9 Å². The van der Waals surface area contributed by atoms with Crippen LogP contribution >= 0.6 is 0 Å². The van der Waals surface area contributed by atoms with E-state index in [1.165, 1.54) is 23.9 Å². The highest BCUT2D eigenvalue weighted by Gasteiger charge is 2.22. The van der Waals surface area contributed by atoms with Crippen molar-refractivity contribution in [3.8, 4) is 0 Å². The molecule has 0 spiro atoms. The quantitative estimate of drug-likeness (QED) is 0.891. The molecule has 2 heterocycles. The molecule has 126 valence electrons. The number of methoxy groups -OCH3 is 1.